The second-order valence-electron chi connectivity index (χ2n) is 3.07. The van der Waals surface area contributed by atoms with Crippen molar-refractivity contribution in [3.63, 3.8) is 0 Å². The van der Waals surface area contributed by atoms with E-state index >= 15 is 0 Å². The number of methoxy groups -OCH3 is 1. The van der Waals surface area contributed by atoms with E-state index in [4.69, 9.17) is 4.74 Å². The molecule has 0 atom stereocenters. The average molecular weight is 205 g/mol. The van der Waals surface area contributed by atoms with Crippen LogP contribution < -0.4 is 10.1 Å². The van der Waals surface area contributed by atoms with Crippen LogP contribution >= 0.6 is 0 Å². The van der Waals surface area contributed by atoms with Gasteiger partial charge in [0, 0.05) is 6.54 Å². The zero-order valence-corrected chi connectivity index (χ0v) is 8.99. The maximum absolute atomic E-state index is 11.1. The Labute approximate surface area is 89.8 Å². The molecule has 0 heterocycles. The van der Waals surface area contributed by atoms with Crippen molar-refractivity contribution in [3.8, 4) is 5.75 Å². The molecule has 1 rings (SSSR count). The Morgan fingerprint density at radius 1 is 1.53 bits per heavy atom. The summed E-state index contributed by atoms with van der Waals surface area (Å²) in [7, 11) is 1.62. The summed E-state index contributed by atoms with van der Waals surface area (Å²) in [4.78, 5) is 11.1. The van der Waals surface area contributed by atoms with Crippen LogP contribution in [0.25, 0.3) is 0 Å². The minimum atomic E-state index is -0.0830. The highest BCUT2D eigenvalue weighted by Crippen LogP contribution is 2.11. The molecule has 0 bridgehead atoms. The van der Waals surface area contributed by atoms with Gasteiger partial charge in [0.2, 0.25) is 5.91 Å². The van der Waals surface area contributed by atoms with E-state index in [2.05, 4.69) is 5.32 Å². The summed E-state index contributed by atoms with van der Waals surface area (Å²) in [5.41, 5.74) is 1.02. The van der Waals surface area contributed by atoms with E-state index in [0.717, 1.165) is 11.3 Å². The van der Waals surface area contributed by atoms with E-state index in [1.807, 2.05) is 31.2 Å². The predicted molar refractivity (Wildman–Crippen MR) is 59.7 cm³/mol. The molecule has 0 unspecified atom stereocenters. The molecule has 0 aromatic heterocycles. The van der Waals surface area contributed by atoms with Crippen molar-refractivity contribution >= 4 is 5.91 Å². The predicted octanol–water partition coefficient (Wildman–Crippen LogP) is 1.89. The monoisotopic (exact) mass is 205 g/mol. The second kappa shape index (κ2) is 5.86. The Morgan fingerprint density at radius 2 is 2.33 bits per heavy atom. The van der Waals surface area contributed by atoms with E-state index < -0.39 is 0 Å². The number of allylic oxidation sites excluding steroid dienone is 1. The molecule has 1 amide bonds. The summed E-state index contributed by atoms with van der Waals surface area (Å²) >= 11 is 0. The number of carbonyl (C=O) groups excluding carboxylic acids is 1. The van der Waals surface area contributed by atoms with Crippen molar-refractivity contribution in [3.05, 3.63) is 42.0 Å². The van der Waals surface area contributed by atoms with Crippen LogP contribution in [0.3, 0.4) is 0 Å². The Bertz CT molecular complexity index is 358. The lowest BCUT2D eigenvalue weighted by atomic mass is 10.2. The van der Waals surface area contributed by atoms with Crippen molar-refractivity contribution in [1.82, 2.24) is 5.32 Å². The lowest BCUT2D eigenvalue weighted by Gasteiger charge is -2.04. The van der Waals surface area contributed by atoms with Crippen molar-refractivity contribution < 1.29 is 9.53 Å². The molecule has 0 radical (unpaired) electrons. The molecule has 0 aliphatic rings. The minimum absolute atomic E-state index is 0.0830. The fourth-order valence-electron chi connectivity index (χ4n) is 1.18. The summed E-state index contributed by atoms with van der Waals surface area (Å²) in [6, 6.07) is 7.61. The third-order valence-corrected chi connectivity index (χ3v) is 1.92. The molecular weight excluding hydrogens is 190 g/mol. The van der Waals surface area contributed by atoms with Crippen molar-refractivity contribution in [2.75, 3.05) is 7.11 Å². The number of ether oxygens (including phenoxy) is 1. The Morgan fingerprint density at radius 3 is 3.00 bits per heavy atom. The first-order chi connectivity index (χ1) is 7.26. The molecule has 1 aromatic carbocycles. The molecule has 80 valence electrons. The summed E-state index contributed by atoms with van der Waals surface area (Å²) in [6.07, 6.45) is 3.21. The molecule has 0 saturated heterocycles. The molecule has 3 heteroatoms. The van der Waals surface area contributed by atoms with Crippen LogP contribution in [0.2, 0.25) is 0 Å². The van der Waals surface area contributed by atoms with Gasteiger partial charge >= 0.3 is 0 Å². The van der Waals surface area contributed by atoms with E-state index in [-0.39, 0.29) is 5.91 Å². The topological polar surface area (TPSA) is 38.3 Å². The van der Waals surface area contributed by atoms with Gasteiger partial charge in [-0.15, -0.1) is 0 Å². The molecule has 0 fully saturated rings. The van der Waals surface area contributed by atoms with Crippen molar-refractivity contribution in [1.29, 1.82) is 0 Å². The zero-order valence-electron chi connectivity index (χ0n) is 8.99. The highest BCUT2D eigenvalue weighted by molar-refractivity contribution is 5.87. The van der Waals surface area contributed by atoms with Crippen LogP contribution in [-0.2, 0) is 11.3 Å². The summed E-state index contributed by atoms with van der Waals surface area (Å²) in [6.45, 7) is 2.32. The zero-order chi connectivity index (χ0) is 11.1. The van der Waals surface area contributed by atoms with Gasteiger partial charge in [0.1, 0.15) is 5.75 Å². The molecule has 0 aliphatic heterocycles. The standard InChI is InChI=1S/C12H15NO2/c1-3-5-12(14)13-9-10-6-4-7-11(8-10)15-2/h3-8H,9H2,1-2H3,(H,13,14). The van der Waals surface area contributed by atoms with Gasteiger partial charge in [0.15, 0.2) is 0 Å². The third-order valence-electron chi connectivity index (χ3n) is 1.92. The fourth-order valence-corrected chi connectivity index (χ4v) is 1.18. The SMILES string of the molecule is CC=CC(=O)NCc1cccc(OC)c1. The van der Waals surface area contributed by atoms with Gasteiger partial charge in [0.25, 0.3) is 0 Å². The number of carbonyl (C=O) groups is 1. The maximum Gasteiger partial charge on any atom is 0.243 e. The molecule has 1 aromatic rings. The van der Waals surface area contributed by atoms with Crippen LogP contribution in [-0.4, -0.2) is 13.0 Å². The van der Waals surface area contributed by atoms with Gasteiger partial charge in [-0.1, -0.05) is 18.2 Å². The Kier molecular flexibility index (Phi) is 4.41. The van der Waals surface area contributed by atoms with Crippen LogP contribution in [0, 0.1) is 0 Å². The van der Waals surface area contributed by atoms with Crippen LogP contribution in [0.5, 0.6) is 5.75 Å². The molecule has 0 aliphatic carbocycles. The van der Waals surface area contributed by atoms with Gasteiger partial charge in [-0.2, -0.15) is 0 Å². The Hall–Kier alpha value is -1.77. The molecule has 1 N–H and O–H groups in total. The first-order valence-corrected chi connectivity index (χ1v) is 4.79. The number of hydrogen-bond acceptors (Lipinski definition) is 2. The summed E-state index contributed by atoms with van der Waals surface area (Å²) in [5.74, 6) is 0.716. The quantitative estimate of drug-likeness (QED) is 0.762. The van der Waals surface area contributed by atoms with E-state index in [0.29, 0.717) is 6.54 Å². The highest BCUT2D eigenvalue weighted by Gasteiger charge is 1.97. The van der Waals surface area contributed by atoms with Crippen LogP contribution in [0.4, 0.5) is 0 Å². The summed E-state index contributed by atoms with van der Waals surface area (Å²) < 4.78 is 5.08. The lowest BCUT2D eigenvalue weighted by molar-refractivity contribution is -0.116. The van der Waals surface area contributed by atoms with E-state index in [9.17, 15) is 4.79 Å². The minimum Gasteiger partial charge on any atom is -0.497 e. The van der Waals surface area contributed by atoms with Gasteiger partial charge in [-0.05, 0) is 30.7 Å². The number of rotatable bonds is 4. The first-order valence-electron chi connectivity index (χ1n) is 4.79. The first kappa shape index (κ1) is 11.3. The molecule has 15 heavy (non-hydrogen) atoms. The average Bonchev–Trinajstić information content (AvgIpc) is 2.27. The van der Waals surface area contributed by atoms with Crippen LogP contribution in [0.15, 0.2) is 36.4 Å². The Balaban J connectivity index is 2.53. The normalized spacial score (nSPS) is 10.3. The third kappa shape index (κ3) is 3.85. The largest absolute Gasteiger partial charge is 0.497 e. The van der Waals surface area contributed by atoms with Gasteiger partial charge in [-0.25, -0.2) is 0 Å². The maximum atomic E-state index is 11.1. The van der Waals surface area contributed by atoms with Gasteiger partial charge in [-0.3, -0.25) is 4.79 Å². The van der Waals surface area contributed by atoms with Crippen LogP contribution in [0.1, 0.15) is 12.5 Å². The van der Waals surface area contributed by atoms with E-state index in [1.54, 1.807) is 13.2 Å². The summed E-state index contributed by atoms with van der Waals surface area (Å²) in [5, 5.41) is 2.77. The number of amides is 1. The molecular formula is C12H15NO2. The number of benzene rings is 1. The molecule has 0 spiro atoms. The molecule has 3 nitrogen and oxygen atoms in total. The van der Waals surface area contributed by atoms with Gasteiger partial charge < -0.3 is 10.1 Å². The van der Waals surface area contributed by atoms with Crippen molar-refractivity contribution in [2.45, 2.75) is 13.5 Å². The second-order valence-corrected chi connectivity index (χ2v) is 3.07. The fraction of sp³-hybridized carbons (Fsp3) is 0.250. The van der Waals surface area contributed by atoms with Gasteiger partial charge in [0.05, 0.1) is 7.11 Å². The number of hydrogen-bond donors (Lipinski definition) is 1. The number of nitrogens with one attached hydrogen (secondary N) is 1. The lowest BCUT2D eigenvalue weighted by Crippen LogP contribution is -2.20. The van der Waals surface area contributed by atoms with Crippen molar-refractivity contribution in [2.24, 2.45) is 0 Å². The molecule has 0 saturated carbocycles. The smallest absolute Gasteiger partial charge is 0.243 e. The van der Waals surface area contributed by atoms with E-state index in [1.165, 1.54) is 6.08 Å². The highest BCUT2D eigenvalue weighted by atomic mass is 16.5.